The molecule has 0 bridgehead atoms. The standard InChI is InChI=1S/C8H12O5/c1-12-7(10)4-2-3-5-8(11)13-6-9/h1,9H,2-6H2. The van der Waals surface area contributed by atoms with E-state index in [1.165, 1.54) is 0 Å². The molecule has 5 nitrogen and oxygen atoms in total. The molecule has 0 unspecified atom stereocenters. The number of carbonyl (C=O) groups excluding carboxylic acids is 2. The topological polar surface area (TPSA) is 72.8 Å². The minimum Gasteiger partial charge on any atom is -0.454 e. The Morgan fingerprint density at radius 2 is 1.69 bits per heavy atom. The molecule has 13 heavy (non-hydrogen) atoms. The Hall–Kier alpha value is -1.10. The summed E-state index contributed by atoms with van der Waals surface area (Å²) in [6.07, 6.45) is 1.38. The van der Waals surface area contributed by atoms with Gasteiger partial charge in [-0.25, -0.2) is 0 Å². The van der Waals surface area contributed by atoms with E-state index >= 15 is 0 Å². The molecule has 0 rings (SSSR count). The predicted molar refractivity (Wildman–Crippen MR) is 42.0 cm³/mol. The van der Waals surface area contributed by atoms with Crippen molar-refractivity contribution < 1.29 is 24.2 Å². The molecule has 0 amide bonds. The fourth-order valence-corrected chi connectivity index (χ4v) is 0.742. The SMILES string of the molecule is [CH]OC(=O)CCCCC(=O)OCO. The van der Waals surface area contributed by atoms with Gasteiger partial charge in [0, 0.05) is 12.8 Å². The summed E-state index contributed by atoms with van der Waals surface area (Å²) in [5.74, 6) is -0.987. The molecule has 5 heteroatoms. The monoisotopic (exact) mass is 188 g/mol. The van der Waals surface area contributed by atoms with Gasteiger partial charge in [0.05, 0.1) is 0 Å². The Morgan fingerprint density at radius 1 is 1.15 bits per heavy atom. The van der Waals surface area contributed by atoms with Crippen LogP contribution >= 0.6 is 0 Å². The van der Waals surface area contributed by atoms with Gasteiger partial charge in [-0.05, 0) is 12.8 Å². The summed E-state index contributed by atoms with van der Waals surface area (Å²) in [7, 11) is 4.59. The van der Waals surface area contributed by atoms with Crippen molar-refractivity contribution in [3.05, 3.63) is 7.11 Å². The molecule has 0 aromatic heterocycles. The van der Waals surface area contributed by atoms with Crippen molar-refractivity contribution in [3.8, 4) is 0 Å². The Balaban J connectivity index is 3.25. The maximum Gasteiger partial charge on any atom is 0.307 e. The molecular formula is C8H12O5. The average molecular weight is 188 g/mol. The Morgan fingerprint density at radius 3 is 2.15 bits per heavy atom. The van der Waals surface area contributed by atoms with Crippen LogP contribution in [0.2, 0.25) is 0 Å². The first kappa shape index (κ1) is 11.9. The van der Waals surface area contributed by atoms with Crippen molar-refractivity contribution in [2.24, 2.45) is 0 Å². The number of ether oxygens (including phenoxy) is 2. The lowest BCUT2D eigenvalue weighted by atomic mass is 10.2. The molecule has 0 aliphatic heterocycles. The number of aliphatic hydroxyl groups is 1. The van der Waals surface area contributed by atoms with E-state index in [0.717, 1.165) is 0 Å². The fourth-order valence-electron chi connectivity index (χ4n) is 0.742. The number of hydrogen-bond acceptors (Lipinski definition) is 5. The van der Waals surface area contributed by atoms with E-state index in [1.807, 2.05) is 0 Å². The zero-order valence-electron chi connectivity index (χ0n) is 7.19. The van der Waals surface area contributed by atoms with Crippen molar-refractivity contribution in [3.63, 3.8) is 0 Å². The maximum absolute atomic E-state index is 10.6. The van der Waals surface area contributed by atoms with Gasteiger partial charge in [-0.2, -0.15) is 0 Å². The van der Waals surface area contributed by atoms with E-state index in [1.54, 1.807) is 0 Å². The summed E-state index contributed by atoms with van der Waals surface area (Å²) in [6.45, 7) is -0.607. The molecule has 0 aromatic carbocycles. The molecule has 1 N–H and O–H groups in total. The van der Waals surface area contributed by atoms with Crippen LogP contribution in [0.15, 0.2) is 0 Å². The Labute approximate surface area is 76.6 Å². The molecule has 0 heterocycles. The van der Waals surface area contributed by atoms with E-state index in [0.29, 0.717) is 12.8 Å². The lowest BCUT2D eigenvalue weighted by Crippen LogP contribution is -2.05. The molecule has 0 aliphatic rings. The zero-order valence-corrected chi connectivity index (χ0v) is 7.19. The fraction of sp³-hybridized carbons (Fsp3) is 0.625. The Bertz CT molecular complexity index is 166. The molecule has 0 spiro atoms. The van der Waals surface area contributed by atoms with Gasteiger partial charge in [-0.15, -0.1) is 0 Å². The second-order valence-electron chi connectivity index (χ2n) is 2.34. The number of unbranched alkanes of at least 4 members (excludes halogenated alkanes) is 1. The third kappa shape index (κ3) is 7.27. The van der Waals surface area contributed by atoms with Crippen LogP contribution in [0.1, 0.15) is 25.7 Å². The first-order valence-corrected chi connectivity index (χ1v) is 3.86. The average Bonchev–Trinajstić information content (AvgIpc) is 2.12. The largest absolute Gasteiger partial charge is 0.454 e. The van der Waals surface area contributed by atoms with E-state index in [-0.39, 0.29) is 12.8 Å². The van der Waals surface area contributed by atoms with Crippen LogP contribution < -0.4 is 0 Å². The molecule has 0 fully saturated rings. The van der Waals surface area contributed by atoms with Crippen LogP contribution in [-0.4, -0.2) is 23.8 Å². The zero-order chi connectivity index (χ0) is 10.1. The summed E-state index contributed by atoms with van der Waals surface area (Å²) in [5, 5.41) is 8.19. The molecule has 0 atom stereocenters. The van der Waals surface area contributed by atoms with Gasteiger partial charge >= 0.3 is 11.9 Å². The molecule has 0 aliphatic carbocycles. The molecule has 2 radical (unpaired) electrons. The number of esters is 2. The number of hydrogen-bond donors (Lipinski definition) is 1. The van der Waals surface area contributed by atoms with Crippen LogP contribution in [-0.2, 0) is 19.1 Å². The van der Waals surface area contributed by atoms with Gasteiger partial charge < -0.3 is 14.6 Å². The van der Waals surface area contributed by atoms with E-state index in [9.17, 15) is 9.59 Å². The highest BCUT2D eigenvalue weighted by Crippen LogP contribution is 2.02. The first-order chi connectivity index (χ1) is 6.20. The lowest BCUT2D eigenvalue weighted by molar-refractivity contribution is -0.152. The second-order valence-corrected chi connectivity index (χ2v) is 2.34. The summed E-state index contributed by atoms with van der Waals surface area (Å²) in [4.78, 5) is 21.1. The summed E-state index contributed by atoms with van der Waals surface area (Å²) >= 11 is 0. The van der Waals surface area contributed by atoms with Gasteiger partial charge in [0.1, 0.15) is 0 Å². The summed E-state index contributed by atoms with van der Waals surface area (Å²) in [6, 6.07) is 0. The normalized spacial score (nSPS) is 9.38. The number of rotatable bonds is 6. The molecule has 0 aromatic rings. The van der Waals surface area contributed by atoms with Crippen LogP contribution in [0, 0.1) is 7.11 Å². The van der Waals surface area contributed by atoms with Crippen molar-refractivity contribution >= 4 is 11.9 Å². The van der Waals surface area contributed by atoms with E-state index in [4.69, 9.17) is 5.11 Å². The second kappa shape index (κ2) is 7.54. The molecular weight excluding hydrogens is 176 g/mol. The van der Waals surface area contributed by atoms with Gasteiger partial charge in [-0.1, -0.05) is 0 Å². The van der Waals surface area contributed by atoms with E-state index < -0.39 is 18.7 Å². The van der Waals surface area contributed by atoms with Gasteiger partial charge in [0.15, 0.2) is 13.9 Å². The van der Waals surface area contributed by atoms with E-state index in [2.05, 4.69) is 16.6 Å². The van der Waals surface area contributed by atoms with Crippen LogP contribution in [0.3, 0.4) is 0 Å². The number of carbonyl (C=O) groups is 2. The van der Waals surface area contributed by atoms with Crippen LogP contribution in [0.5, 0.6) is 0 Å². The summed E-state index contributed by atoms with van der Waals surface area (Å²) < 4.78 is 8.16. The van der Waals surface area contributed by atoms with Crippen LogP contribution in [0.4, 0.5) is 0 Å². The Kier molecular flexibility index (Phi) is 6.91. The molecule has 0 saturated carbocycles. The molecule has 74 valence electrons. The first-order valence-electron chi connectivity index (χ1n) is 3.86. The minimum absolute atomic E-state index is 0.179. The van der Waals surface area contributed by atoms with Gasteiger partial charge in [0.2, 0.25) is 0 Å². The highest BCUT2D eigenvalue weighted by atomic mass is 16.6. The van der Waals surface area contributed by atoms with Crippen molar-refractivity contribution in [2.45, 2.75) is 25.7 Å². The summed E-state index contributed by atoms with van der Waals surface area (Å²) in [5.41, 5.74) is 0. The minimum atomic E-state index is -0.607. The predicted octanol–water partition coefficient (Wildman–Crippen LogP) is 0.252. The molecule has 0 saturated heterocycles. The van der Waals surface area contributed by atoms with Crippen LogP contribution in [0.25, 0.3) is 0 Å². The van der Waals surface area contributed by atoms with Gasteiger partial charge in [0.25, 0.3) is 0 Å². The third-order valence-electron chi connectivity index (χ3n) is 1.37. The highest BCUT2D eigenvalue weighted by molar-refractivity contribution is 5.70. The quantitative estimate of drug-likeness (QED) is 0.367. The van der Waals surface area contributed by atoms with Gasteiger partial charge in [-0.3, -0.25) is 9.59 Å². The highest BCUT2D eigenvalue weighted by Gasteiger charge is 2.03. The van der Waals surface area contributed by atoms with Crippen molar-refractivity contribution in [1.82, 2.24) is 0 Å². The van der Waals surface area contributed by atoms with Crippen molar-refractivity contribution in [2.75, 3.05) is 6.79 Å². The van der Waals surface area contributed by atoms with Crippen molar-refractivity contribution in [1.29, 1.82) is 0 Å². The smallest absolute Gasteiger partial charge is 0.307 e. The third-order valence-corrected chi connectivity index (χ3v) is 1.37. The number of aliphatic hydroxyl groups excluding tert-OH is 1. The lowest BCUT2D eigenvalue weighted by Gasteiger charge is -2.00. The maximum atomic E-state index is 10.6.